The Kier molecular flexibility index (Phi) is 2.68. The molecule has 0 aliphatic heterocycles. The number of hydrogen-bond donors (Lipinski definition) is 1. The molecule has 0 unspecified atom stereocenters. The zero-order valence-electron chi connectivity index (χ0n) is 4.59. The summed E-state index contributed by atoms with van der Waals surface area (Å²) in [5, 5.41) is 8.18. The Hall–Kier alpha value is -1.08. The number of nitrogen functional groups attached to an aromatic ring is 1. The Balaban J connectivity index is 0.000000640. The van der Waals surface area contributed by atoms with Crippen molar-refractivity contribution in [3.05, 3.63) is 18.1 Å². The van der Waals surface area contributed by atoms with E-state index in [0.29, 0.717) is 5.69 Å². The third-order valence-electron chi connectivity index (χ3n) is 0.797. The van der Waals surface area contributed by atoms with E-state index in [9.17, 15) is 0 Å². The molecule has 0 radical (unpaired) electrons. The van der Waals surface area contributed by atoms with Crippen LogP contribution in [-0.2, 0) is 0 Å². The molecule has 0 bridgehead atoms. The fraction of sp³-hybridized carbons (Fsp3) is 0. The highest BCUT2D eigenvalue weighted by atomic mass is 32.1. The predicted octanol–water partition coefficient (Wildman–Crippen LogP) is 0.846. The van der Waals surface area contributed by atoms with Crippen LogP contribution in [0.25, 0.3) is 0 Å². The predicted molar refractivity (Wildman–Crippen MR) is 38.2 cm³/mol. The summed E-state index contributed by atoms with van der Waals surface area (Å²) < 4.78 is 4.63. The Morgan fingerprint density at radius 2 is 2.33 bits per heavy atom. The lowest BCUT2D eigenvalue weighted by atomic mass is 10.4. The van der Waals surface area contributed by atoms with E-state index >= 15 is 0 Å². The molecule has 0 saturated heterocycles. The Labute approximate surface area is 59.5 Å². The molecule has 48 valence electrons. The second kappa shape index (κ2) is 3.05. The zero-order chi connectivity index (χ0) is 5.98. The van der Waals surface area contributed by atoms with Gasteiger partial charge in [0.2, 0.25) is 5.76 Å². The molecular formula is C5H6N2OS. The molecule has 0 aliphatic rings. The second-order valence-corrected chi connectivity index (χ2v) is 1.32. The van der Waals surface area contributed by atoms with Crippen LogP contribution in [0.5, 0.6) is 0 Å². The summed E-state index contributed by atoms with van der Waals surface area (Å²) in [6.07, 6.45) is 1.38. The van der Waals surface area contributed by atoms with E-state index in [4.69, 9.17) is 11.0 Å². The molecule has 1 heterocycles. The number of rotatable bonds is 0. The lowest BCUT2D eigenvalue weighted by Gasteiger charge is -1.77. The second-order valence-electron chi connectivity index (χ2n) is 1.32. The first-order valence-electron chi connectivity index (χ1n) is 2.07. The number of furan rings is 1. The summed E-state index contributed by atoms with van der Waals surface area (Å²) in [6.45, 7) is 0. The minimum Gasteiger partial charge on any atom is -0.452 e. The molecule has 0 spiro atoms. The van der Waals surface area contributed by atoms with Crippen LogP contribution < -0.4 is 5.73 Å². The van der Waals surface area contributed by atoms with E-state index in [1.165, 1.54) is 6.26 Å². The van der Waals surface area contributed by atoms with Crippen molar-refractivity contribution < 1.29 is 4.42 Å². The Morgan fingerprint density at radius 3 is 2.56 bits per heavy atom. The van der Waals surface area contributed by atoms with Gasteiger partial charge in [0.1, 0.15) is 6.07 Å². The third kappa shape index (κ3) is 1.40. The van der Waals surface area contributed by atoms with Crippen LogP contribution in [-0.4, -0.2) is 0 Å². The van der Waals surface area contributed by atoms with Crippen molar-refractivity contribution >= 4 is 19.2 Å². The van der Waals surface area contributed by atoms with Gasteiger partial charge in [0, 0.05) is 6.07 Å². The van der Waals surface area contributed by atoms with Crippen LogP contribution in [0.15, 0.2) is 16.7 Å². The van der Waals surface area contributed by atoms with Crippen molar-refractivity contribution in [2.75, 3.05) is 5.73 Å². The number of hydrogen-bond acceptors (Lipinski definition) is 3. The molecule has 1 aromatic heterocycles. The van der Waals surface area contributed by atoms with Gasteiger partial charge in [-0.1, -0.05) is 0 Å². The highest BCUT2D eigenvalue weighted by molar-refractivity contribution is 7.59. The van der Waals surface area contributed by atoms with Crippen molar-refractivity contribution in [2.24, 2.45) is 0 Å². The van der Waals surface area contributed by atoms with Crippen LogP contribution in [0.2, 0.25) is 0 Å². The maximum absolute atomic E-state index is 8.18. The number of anilines is 1. The van der Waals surface area contributed by atoms with Gasteiger partial charge in [-0.25, -0.2) is 0 Å². The Bertz CT molecular complexity index is 225. The molecule has 9 heavy (non-hydrogen) atoms. The quantitative estimate of drug-likeness (QED) is 0.584. The number of nitrogens with zero attached hydrogens (tertiary/aromatic N) is 1. The maximum Gasteiger partial charge on any atom is 0.226 e. The zero-order valence-corrected chi connectivity index (χ0v) is 5.59. The van der Waals surface area contributed by atoms with Crippen LogP contribution in [0.4, 0.5) is 5.69 Å². The minimum absolute atomic E-state index is 0. The molecule has 0 saturated carbocycles. The average molecular weight is 142 g/mol. The standard InChI is InChI=1S/C5H4N2O.H2S/c6-3-5-4(7)1-2-8-5;/h1-2H,7H2;1H2. The van der Waals surface area contributed by atoms with Crippen molar-refractivity contribution in [2.45, 2.75) is 0 Å². The summed E-state index contributed by atoms with van der Waals surface area (Å²) in [4.78, 5) is 0. The first kappa shape index (κ1) is 7.92. The average Bonchev–Trinajstić information content (AvgIpc) is 2.14. The van der Waals surface area contributed by atoms with E-state index in [1.807, 2.05) is 0 Å². The molecule has 0 atom stereocenters. The van der Waals surface area contributed by atoms with Gasteiger partial charge < -0.3 is 10.2 Å². The molecule has 3 nitrogen and oxygen atoms in total. The first-order chi connectivity index (χ1) is 3.84. The van der Waals surface area contributed by atoms with Crippen LogP contribution in [0.3, 0.4) is 0 Å². The first-order valence-corrected chi connectivity index (χ1v) is 2.07. The number of nitrogens with two attached hydrogens (primary N) is 1. The van der Waals surface area contributed by atoms with Crippen LogP contribution >= 0.6 is 13.5 Å². The molecule has 2 N–H and O–H groups in total. The molecule has 0 aliphatic carbocycles. The van der Waals surface area contributed by atoms with Crippen molar-refractivity contribution in [1.82, 2.24) is 0 Å². The van der Waals surface area contributed by atoms with Gasteiger partial charge in [-0.05, 0) is 0 Å². The van der Waals surface area contributed by atoms with Gasteiger partial charge in [-0.15, -0.1) is 0 Å². The number of nitriles is 1. The SMILES string of the molecule is N#Cc1occc1N.S. The van der Waals surface area contributed by atoms with Crippen molar-refractivity contribution in [3.63, 3.8) is 0 Å². The van der Waals surface area contributed by atoms with Gasteiger partial charge >= 0.3 is 0 Å². The fourth-order valence-electron chi connectivity index (χ4n) is 0.410. The molecular weight excluding hydrogens is 136 g/mol. The van der Waals surface area contributed by atoms with E-state index in [2.05, 4.69) is 4.42 Å². The molecule has 4 heteroatoms. The lowest BCUT2D eigenvalue weighted by Crippen LogP contribution is -1.81. The summed E-state index contributed by atoms with van der Waals surface area (Å²) >= 11 is 0. The third-order valence-corrected chi connectivity index (χ3v) is 0.797. The lowest BCUT2D eigenvalue weighted by molar-refractivity contribution is 0.554. The van der Waals surface area contributed by atoms with E-state index in [-0.39, 0.29) is 19.3 Å². The summed E-state index contributed by atoms with van der Waals surface area (Å²) in [5.41, 5.74) is 5.63. The largest absolute Gasteiger partial charge is 0.452 e. The monoisotopic (exact) mass is 142 g/mol. The van der Waals surface area contributed by atoms with E-state index in [1.54, 1.807) is 12.1 Å². The molecule has 0 amide bonds. The molecule has 1 rings (SSSR count). The minimum atomic E-state index is 0. The van der Waals surface area contributed by atoms with Crippen molar-refractivity contribution in [1.29, 1.82) is 5.26 Å². The normalized spacial score (nSPS) is 7.44. The topological polar surface area (TPSA) is 63.0 Å². The van der Waals surface area contributed by atoms with Gasteiger partial charge in [0.25, 0.3) is 0 Å². The van der Waals surface area contributed by atoms with Gasteiger partial charge in [0.05, 0.1) is 12.0 Å². The van der Waals surface area contributed by atoms with Crippen LogP contribution in [0, 0.1) is 11.3 Å². The van der Waals surface area contributed by atoms with Crippen molar-refractivity contribution in [3.8, 4) is 6.07 Å². The maximum atomic E-state index is 8.18. The van der Waals surface area contributed by atoms with E-state index < -0.39 is 0 Å². The smallest absolute Gasteiger partial charge is 0.226 e. The molecule has 0 fully saturated rings. The highest BCUT2D eigenvalue weighted by Crippen LogP contribution is 2.08. The molecule has 1 aromatic rings. The van der Waals surface area contributed by atoms with Gasteiger partial charge in [-0.2, -0.15) is 18.8 Å². The van der Waals surface area contributed by atoms with Crippen LogP contribution in [0.1, 0.15) is 5.76 Å². The van der Waals surface area contributed by atoms with E-state index in [0.717, 1.165) is 0 Å². The molecule has 0 aromatic carbocycles. The summed E-state index contributed by atoms with van der Waals surface area (Å²) in [5.74, 6) is 0.185. The Morgan fingerprint density at radius 1 is 1.67 bits per heavy atom. The van der Waals surface area contributed by atoms with Gasteiger partial charge in [0.15, 0.2) is 0 Å². The summed E-state index contributed by atoms with van der Waals surface area (Å²) in [6, 6.07) is 3.32. The fourth-order valence-corrected chi connectivity index (χ4v) is 0.410. The summed E-state index contributed by atoms with van der Waals surface area (Å²) in [7, 11) is 0. The highest BCUT2D eigenvalue weighted by Gasteiger charge is 1.96. The van der Waals surface area contributed by atoms with Gasteiger partial charge in [-0.3, -0.25) is 0 Å².